The summed E-state index contributed by atoms with van der Waals surface area (Å²) in [5, 5.41) is 0. The Kier molecular flexibility index (Phi) is 9.95. The molecular formula is C38H46Cl2N2SiZr. The summed E-state index contributed by atoms with van der Waals surface area (Å²) < 4.78 is 6.42. The van der Waals surface area contributed by atoms with Crippen LogP contribution in [0.15, 0.2) is 84.2 Å². The molecule has 2 unspecified atom stereocenters. The van der Waals surface area contributed by atoms with Crippen molar-refractivity contribution in [2.24, 2.45) is 0 Å². The number of allylic oxidation sites excluding steroid dienone is 2. The van der Waals surface area contributed by atoms with E-state index < -0.39 is 17.4 Å². The molecule has 230 valence electrons. The van der Waals surface area contributed by atoms with Crippen molar-refractivity contribution in [3.63, 3.8) is 0 Å². The predicted octanol–water partition coefficient (Wildman–Crippen LogP) is 10.9. The van der Waals surface area contributed by atoms with Crippen LogP contribution in [0.25, 0.3) is 34.7 Å². The standard InChI is InChI=1S/2C18H18N.2CH3.2ClH.H2Si.Zr/c2*1-12(2)14-10-15-8-13(3)9-16(15)17(11-14)18-6-4-5-7-19-18;;;;;;/h2*4-12H,1-3H3;2*1H3;2*1H;1H2;. The Morgan fingerprint density at radius 3 is 1.34 bits per heavy atom. The van der Waals surface area contributed by atoms with Crippen LogP contribution < -0.4 is 0 Å². The number of rotatable bonds is 6. The van der Waals surface area contributed by atoms with Crippen LogP contribution in [0, 0.1) is 0 Å². The Hall–Kier alpha value is -2.10. The zero-order valence-corrected chi connectivity index (χ0v) is 32.8. The number of nitrogens with zero attached hydrogens (tertiary/aromatic N) is 2. The minimum atomic E-state index is -3.69. The van der Waals surface area contributed by atoms with Gasteiger partial charge in [-0.2, -0.15) is 0 Å². The molecule has 0 N–H and O–H groups in total. The Labute approximate surface area is 279 Å². The molecule has 4 aromatic rings. The van der Waals surface area contributed by atoms with Crippen molar-refractivity contribution >= 4 is 43.8 Å². The van der Waals surface area contributed by atoms with E-state index in [-0.39, 0.29) is 24.8 Å². The van der Waals surface area contributed by atoms with E-state index in [4.69, 9.17) is 9.97 Å². The average molecular weight is 721 g/mol. The summed E-state index contributed by atoms with van der Waals surface area (Å²) in [6.45, 7) is 16.5. The third kappa shape index (κ3) is 5.81. The summed E-state index contributed by atoms with van der Waals surface area (Å²) in [5.41, 5.74) is 16.5. The normalized spacial score (nSPS) is 17.4. The number of pyridine rings is 2. The molecule has 0 spiro atoms. The average Bonchev–Trinajstić information content (AvgIpc) is 3.49. The molecule has 0 radical (unpaired) electrons. The van der Waals surface area contributed by atoms with Gasteiger partial charge >= 0.3 is 256 Å². The fraction of sp³-hybridized carbons (Fsp3) is 0.316. The number of fused-ring (bicyclic) bond motifs is 2. The smallest absolute Gasteiger partial charge is 0.147 e. The van der Waals surface area contributed by atoms with E-state index in [1.807, 2.05) is 24.5 Å². The quantitative estimate of drug-likeness (QED) is 0.185. The van der Waals surface area contributed by atoms with Gasteiger partial charge in [0.15, 0.2) is 0 Å². The molecule has 0 saturated carbocycles. The zero-order chi connectivity index (χ0) is 30.0. The van der Waals surface area contributed by atoms with Gasteiger partial charge in [0, 0.05) is 0 Å². The van der Waals surface area contributed by atoms with Crippen molar-refractivity contribution in [1.29, 1.82) is 0 Å². The molecule has 2 aromatic heterocycles. The molecule has 0 bridgehead atoms. The van der Waals surface area contributed by atoms with E-state index in [0.717, 1.165) is 11.4 Å². The fourth-order valence-electron chi connectivity index (χ4n) is 8.13. The van der Waals surface area contributed by atoms with Gasteiger partial charge in [-0.1, -0.05) is 0 Å². The van der Waals surface area contributed by atoms with E-state index in [2.05, 4.69) is 118 Å². The van der Waals surface area contributed by atoms with Gasteiger partial charge < -0.3 is 0 Å². The van der Waals surface area contributed by atoms with Crippen LogP contribution in [0.1, 0.15) is 94.0 Å². The first-order valence-corrected chi connectivity index (χ1v) is 29.2. The van der Waals surface area contributed by atoms with Crippen molar-refractivity contribution < 1.29 is 17.4 Å². The van der Waals surface area contributed by atoms with Crippen molar-refractivity contribution in [3.8, 4) is 22.5 Å². The Bertz CT molecular complexity index is 1710. The van der Waals surface area contributed by atoms with Crippen LogP contribution in [-0.4, -0.2) is 16.8 Å². The molecule has 0 saturated heterocycles. The van der Waals surface area contributed by atoms with Crippen LogP contribution in [0.5, 0.6) is 0 Å². The van der Waals surface area contributed by atoms with E-state index >= 15 is 0 Å². The summed E-state index contributed by atoms with van der Waals surface area (Å²) in [4.78, 5) is 9.63. The van der Waals surface area contributed by atoms with Crippen molar-refractivity contribution in [2.45, 2.75) is 69.9 Å². The van der Waals surface area contributed by atoms with Crippen LogP contribution in [-0.2, 0) is 17.4 Å². The maximum atomic E-state index is 4.81. The largest absolute Gasteiger partial charge is 0.147 e. The summed E-state index contributed by atoms with van der Waals surface area (Å²) in [5.74, 6) is 0.910. The van der Waals surface area contributed by atoms with Gasteiger partial charge in [0.05, 0.1) is 0 Å². The van der Waals surface area contributed by atoms with Crippen molar-refractivity contribution in [1.82, 2.24) is 9.97 Å². The SMILES string of the molecule is CC1=Cc2c(-c3ccccn3)cc(C(C)C)cc2[CH]1[Zr]([CH3])([CH3])(=[SiH2])[CH]1C(C)=Cc2c(-c3ccccn3)cc(C(C)C)cc21.Cl.Cl. The second kappa shape index (κ2) is 12.6. The van der Waals surface area contributed by atoms with E-state index in [1.165, 1.54) is 55.7 Å². The number of benzene rings is 2. The van der Waals surface area contributed by atoms with Crippen LogP contribution in [0.4, 0.5) is 0 Å². The molecule has 6 rings (SSSR count). The van der Waals surface area contributed by atoms with E-state index in [9.17, 15) is 0 Å². The number of aromatic nitrogens is 2. The molecule has 6 heteroatoms. The molecule has 2 aromatic carbocycles. The maximum absolute atomic E-state index is 4.81. The third-order valence-corrected chi connectivity index (χ3v) is 27.8. The van der Waals surface area contributed by atoms with Crippen LogP contribution in [0.2, 0.25) is 9.26 Å². The second-order valence-electron chi connectivity index (χ2n) is 14.5. The first-order valence-electron chi connectivity index (χ1n) is 15.5. The minimum absolute atomic E-state index is 0. The molecule has 2 aliphatic rings. The van der Waals surface area contributed by atoms with E-state index in [1.54, 1.807) is 0 Å². The van der Waals surface area contributed by atoms with Gasteiger partial charge in [-0.25, -0.2) is 0 Å². The predicted molar refractivity (Wildman–Crippen MR) is 195 cm³/mol. The number of halogens is 2. The first-order chi connectivity index (χ1) is 19.9. The van der Waals surface area contributed by atoms with E-state index in [0.29, 0.717) is 19.1 Å². The Balaban J connectivity index is 0.00000221. The Morgan fingerprint density at radius 1 is 0.636 bits per heavy atom. The van der Waals surface area contributed by atoms with Gasteiger partial charge in [0.1, 0.15) is 0 Å². The van der Waals surface area contributed by atoms with Gasteiger partial charge in [-0.3, -0.25) is 0 Å². The second-order valence-corrected chi connectivity index (χ2v) is 44.9. The topological polar surface area (TPSA) is 25.8 Å². The zero-order valence-electron chi connectivity index (χ0n) is 27.3. The van der Waals surface area contributed by atoms with Gasteiger partial charge in [0.2, 0.25) is 0 Å². The Morgan fingerprint density at radius 2 is 1.02 bits per heavy atom. The van der Waals surface area contributed by atoms with Crippen LogP contribution in [0.3, 0.4) is 0 Å². The number of hydrogen-bond donors (Lipinski definition) is 0. The molecule has 2 atom stereocenters. The number of hydrogen-bond acceptors (Lipinski definition) is 2. The van der Waals surface area contributed by atoms with Crippen molar-refractivity contribution in [2.75, 3.05) is 0 Å². The van der Waals surface area contributed by atoms with Crippen LogP contribution >= 0.6 is 24.8 Å². The molecule has 2 nitrogen and oxygen atoms in total. The monoisotopic (exact) mass is 718 g/mol. The minimum Gasteiger partial charge on any atom is -0.147 e. The van der Waals surface area contributed by atoms with Gasteiger partial charge in [0.25, 0.3) is 0 Å². The summed E-state index contributed by atoms with van der Waals surface area (Å²) in [7, 11) is 0. The fourth-order valence-corrected chi connectivity index (χ4v) is 29.3. The summed E-state index contributed by atoms with van der Waals surface area (Å²) >= 11 is -3.69. The van der Waals surface area contributed by atoms with Gasteiger partial charge in [-0.15, -0.1) is 24.8 Å². The molecular weight excluding hydrogens is 675 g/mol. The molecule has 2 aliphatic carbocycles. The molecule has 44 heavy (non-hydrogen) atoms. The third-order valence-electron chi connectivity index (χ3n) is 9.86. The van der Waals surface area contributed by atoms with Gasteiger partial charge in [-0.05, 0) is 0 Å². The molecule has 2 heterocycles. The van der Waals surface area contributed by atoms with Crippen molar-refractivity contribution in [3.05, 3.63) is 118 Å². The molecule has 0 aliphatic heterocycles. The maximum Gasteiger partial charge on any atom is -0.147 e. The first kappa shape index (κ1) is 34.8. The summed E-state index contributed by atoms with van der Waals surface area (Å²) in [6.07, 6.45) is 8.85. The molecule has 0 amide bonds. The summed E-state index contributed by atoms with van der Waals surface area (Å²) in [6, 6.07) is 22.5. The molecule has 0 fully saturated rings.